The molecule has 6 nitrogen and oxygen atoms in total. The second-order valence-electron chi connectivity index (χ2n) is 11.2. The number of rotatable bonds is 10. The zero-order valence-corrected chi connectivity index (χ0v) is 23.3. The molecule has 0 aromatic heterocycles. The van der Waals surface area contributed by atoms with E-state index in [9.17, 15) is 9.90 Å². The van der Waals surface area contributed by atoms with Crippen LogP contribution < -0.4 is 22.1 Å². The number of nitrogens with one attached hydrogen (secondary N) is 2. The maximum atomic E-state index is 12.5. The number of aliphatic carboxylic acids is 1. The van der Waals surface area contributed by atoms with Crippen LogP contribution in [0, 0.1) is 25.2 Å². The van der Waals surface area contributed by atoms with E-state index in [1.54, 1.807) is 20.0 Å². The Labute approximate surface area is 222 Å². The second-order valence-corrected chi connectivity index (χ2v) is 11.2. The molecule has 1 fully saturated rings. The number of nitrogens with two attached hydrogens (primary N) is 2. The van der Waals surface area contributed by atoms with Gasteiger partial charge in [-0.1, -0.05) is 49.9 Å². The standard InChI is InChI=1S/C31H46N4O2/c1-20-12-13-23(16-24(20)17-25(18-32)35-19-22-10-8-6-7-9-11-22)28(31(3,4)30(36)37)26-14-15-27(34-5)29(33)21(26)2/h12-16,18,22,28,34-35H,6-11,17,19,32-33H2,1-5H3,(H,36,37)/b25-18-. The molecule has 0 spiro atoms. The highest BCUT2D eigenvalue weighted by Gasteiger charge is 2.40. The van der Waals surface area contributed by atoms with Gasteiger partial charge in [0.05, 0.1) is 16.8 Å². The fourth-order valence-corrected chi connectivity index (χ4v) is 5.67. The molecule has 3 rings (SSSR count). The lowest BCUT2D eigenvalue weighted by atomic mass is 9.69. The number of hydrogen-bond donors (Lipinski definition) is 5. The molecule has 37 heavy (non-hydrogen) atoms. The van der Waals surface area contributed by atoms with Crippen LogP contribution in [0.4, 0.5) is 11.4 Å². The minimum atomic E-state index is -1.05. The molecule has 0 radical (unpaired) electrons. The van der Waals surface area contributed by atoms with E-state index in [4.69, 9.17) is 11.5 Å². The quantitative estimate of drug-likeness (QED) is 0.197. The van der Waals surface area contributed by atoms with Crippen LogP contribution in [-0.4, -0.2) is 24.7 Å². The van der Waals surface area contributed by atoms with Gasteiger partial charge in [-0.2, -0.15) is 0 Å². The summed E-state index contributed by atoms with van der Waals surface area (Å²) in [5.74, 6) is -0.524. The van der Waals surface area contributed by atoms with Crippen LogP contribution in [-0.2, 0) is 11.2 Å². The largest absolute Gasteiger partial charge is 0.481 e. The Morgan fingerprint density at radius 3 is 2.41 bits per heavy atom. The van der Waals surface area contributed by atoms with Crippen molar-refractivity contribution < 1.29 is 9.90 Å². The summed E-state index contributed by atoms with van der Waals surface area (Å²) in [6.45, 7) is 8.60. The first kappa shape index (κ1) is 28.4. The molecule has 0 amide bonds. The molecule has 0 heterocycles. The third-order valence-electron chi connectivity index (χ3n) is 8.29. The van der Waals surface area contributed by atoms with Gasteiger partial charge in [-0.15, -0.1) is 0 Å². The van der Waals surface area contributed by atoms with Crippen molar-refractivity contribution >= 4 is 17.3 Å². The first-order valence-corrected chi connectivity index (χ1v) is 13.6. The number of carboxylic acids is 1. The molecule has 1 saturated carbocycles. The Morgan fingerprint density at radius 2 is 1.81 bits per heavy atom. The number of carboxylic acid groups (broad SMARTS) is 1. The fourth-order valence-electron chi connectivity index (χ4n) is 5.67. The van der Waals surface area contributed by atoms with E-state index in [-0.39, 0.29) is 5.92 Å². The lowest BCUT2D eigenvalue weighted by molar-refractivity contribution is -0.147. The third-order valence-corrected chi connectivity index (χ3v) is 8.29. The second kappa shape index (κ2) is 12.4. The Morgan fingerprint density at radius 1 is 1.14 bits per heavy atom. The molecule has 202 valence electrons. The predicted octanol–water partition coefficient (Wildman–Crippen LogP) is 6.07. The van der Waals surface area contributed by atoms with Gasteiger partial charge >= 0.3 is 5.97 Å². The van der Waals surface area contributed by atoms with Gasteiger partial charge in [0, 0.05) is 37.8 Å². The van der Waals surface area contributed by atoms with E-state index >= 15 is 0 Å². The maximum Gasteiger partial charge on any atom is 0.310 e. The van der Waals surface area contributed by atoms with E-state index in [0.29, 0.717) is 18.0 Å². The van der Waals surface area contributed by atoms with E-state index in [0.717, 1.165) is 45.7 Å². The molecule has 0 aliphatic heterocycles. The van der Waals surface area contributed by atoms with Gasteiger partial charge in [-0.05, 0) is 80.3 Å². The third kappa shape index (κ3) is 6.60. The average Bonchev–Trinajstić information content (AvgIpc) is 3.15. The normalized spacial score (nSPS) is 16.2. The van der Waals surface area contributed by atoms with Crippen molar-refractivity contribution in [3.63, 3.8) is 0 Å². The number of hydrogen-bond acceptors (Lipinski definition) is 5. The number of anilines is 2. The molecule has 6 heteroatoms. The van der Waals surface area contributed by atoms with E-state index in [1.165, 1.54) is 38.5 Å². The van der Waals surface area contributed by atoms with Crippen LogP contribution in [0.15, 0.2) is 42.2 Å². The van der Waals surface area contributed by atoms with Gasteiger partial charge in [-0.25, -0.2) is 0 Å². The Bertz CT molecular complexity index is 1110. The van der Waals surface area contributed by atoms with Gasteiger partial charge in [0.15, 0.2) is 0 Å². The number of allylic oxidation sites excluding steroid dienone is 1. The predicted molar refractivity (Wildman–Crippen MR) is 155 cm³/mol. The number of carbonyl (C=O) groups is 1. The summed E-state index contributed by atoms with van der Waals surface area (Å²) >= 11 is 0. The van der Waals surface area contributed by atoms with Gasteiger partial charge in [0.1, 0.15) is 0 Å². The summed E-state index contributed by atoms with van der Waals surface area (Å²) in [5.41, 5.74) is 19.0. The van der Waals surface area contributed by atoms with Gasteiger partial charge < -0.3 is 27.2 Å². The van der Waals surface area contributed by atoms with Crippen LogP contribution in [0.5, 0.6) is 0 Å². The molecular weight excluding hydrogens is 460 g/mol. The van der Waals surface area contributed by atoms with Crippen LogP contribution >= 0.6 is 0 Å². The average molecular weight is 507 g/mol. The van der Waals surface area contributed by atoms with Gasteiger partial charge in [0.2, 0.25) is 0 Å². The molecule has 0 saturated heterocycles. The first-order valence-electron chi connectivity index (χ1n) is 13.6. The summed E-state index contributed by atoms with van der Waals surface area (Å²) in [7, 11) is 1.84. The SMILES string of the molecule is CNc1ccc(C(c2ccc(C)c(C/C(=C/N)NCC3CCCCCC3)c2)C(C)(C)C(=O)O)c(C)c1N. The minimum absolute atomic E-state index is 0.373. The maximum absolute atomic E-state index is 12.5. The van der Waals surface area contributed by atoms with E-state index in [1.807, 2.05) is 26.1 Å². The highest BCUT2D eigenvalue weighted by molar-refractivity contribution is 5.78. The molecule has 1 atom stereocenters. The van der Waals surface area contributed by atoms with Crippen molar-refractivity contribution in [3.05, 3.63) is 70.0 Å². The molecule has 1 unspecified atom stereocenters. The van der Waals surface area contributed by atoms with Crippen molar-refractivity contribution in [3.8, 4) is 0 Å². The summed E-state index contributed by atoms with van der Waals surface area (Å²) in [5, 5.41) is 17.0. The molecule has 2 aromatic rings. The number of nitrogen functional groups attached to an aromatic ring is 1. The number of aryl methyl sites for hydroxylation is 1. The van der Waals surface area contributed by atoms with Crippen molar-refractivity contribution in [2.75, 3.05) is 24.6 Å². The zero-order chi connectivity index (χ0) is 27.2. The molecular formula is C31H46N4O2. The van der Waals surface area contributed by atoms with Crippen molar-refractivity contribution in [2.24, 2.45) is 17.1 Å². The fraction of sp³-hybridized carbons (Fsp3) is 0.516. The first-order chi connectivity index (χ1) is 17.6. The smallest absolute Gasteiger partial charge is 0.310 e. The molecule has 7 N–H and O–H groups in total. The van der Waals surface area contributed by atoms with Crippen LogP contribution in [0.2, 0.25) is 0 Å². The molecule has 0 bridgehead atoms. The Hall–Kier alpha value is -3.15. The Balaban J connectivity index is 1.95. The summed E-state index contributed by atoms with van der Waals surface area (Å²) in [6.07, 6.45) is 10.2. The molecule has 1 aliphatic carbocycles. The van der Waals surface area contributed by atoms with Crippen molar-refractivity contribution in [2.45, 2.75) is 78.6 Å². The lowest BCUT2D eigenvalue weighted by Crippen LogP contribution is -2.33. The van der Waals surface area contributed by atoms with Crippen molar-refractivity contribution in [1.82, 2.24) is 5.32 Å². The Kier molecular flexibility index (Phi) is 9.52. The van der Waals surface area contributed by atoms with Gasteiger partial charge in [-0.3, -0.25) is 4.79 Å². The monoisotopic (exact) mass is 506 g/mol. The highest BCUT2D eigenvalue weighted by atomic mass is 16.4. The summed E-state index contributed by atoms with van der Waals surface area (Å²) in [6, 6.07) is 10.2. The van der Waals surface area contributed by atoms with Gasteiger partial charge in [0.25, 0.3) is 0 Å². The van der Waals surface area contributed by atoms with Crippen LogP contribution in [0.3, 0.4) is 0 Å². The zero-order valence-electron chi connectivity index (χ0n) is 23.3. The van der Waals surface area contributed by atoms with Crippen LogP contribution in [0.1, 0.15) is 86.1 Å². The topological polar surface area (TPSA) is 113 Å². The summed E-state index contributed by atoms with van der Waals surface area (Å²) in [4.78, 5) is 12.5. The summed E-state index contributed by atoms with van der Waals surface area (Å²) < 4.78 is 0. The highest BCUT2D eigenvalue weighted by Crippen LogP contribution is 2.45. The van der Waals surface area contributed by atoms with E-state index < -0.39 is 11.4 Å². The van der Waals surface area contributed by atoms with Crippen LogP contribution in [0.25, 0.3) is 0 Å². The lowest BCUT2D eigenvalue weighted by Gasteiger charge is -2.33. The molecule has 1 aliphatic rings. The minimum Gasteiger partial charge on any atom is -0.481 e. The molecule has 2 aromatic carbocycles. The van der Waals surface area contributed by atoms with E-state index in [2.05, 4.69) is 35.8 Å². The van der Waals surface area contributed by atoms with Crippen molar-refractivity contribution in [1.29, 1.82) is 0 Å². The number of benzene rings is 2.